The molecule has 2 aromatic heterocycles. The fourth-order valence-electron chi connectivity index (χ4n) is 8.69. The molecule has 0 saturated heterocycles. The van der Waals surface area contributed by atoms with Crippen molar-refractivity contribution in [2.24, 2.45) is 0 Å². The van der Waals surface area contributed by atoms with Crippen molar-refractivity contribution in [3.05, 3.63) is 218 Å². The van der Waals surface area contributed by atoms with Crippen LogP contribution in [0.25, 0.3) is 99.5 Å². The summed E-state index contributed by atoms with van der Waals surface area (Å²) in [5.74, 6) is 0. The highest BCUT2D eigenvalue weighted by atomic mass is 15.0. The summed E-state index contributed by atoms with van der Waals surface area (Å²) in [5, 5.41) is 4.95. The maximum atomic E-state index is 2.47. The molecule has 262 valence electrons. The Bertz CT molecular complexity index is 3110. The first-order chi connectivity index (χ1) is 27.8. The largest absolute Gasteiger partial charge is 0.309 e. The summed E-state index contributed by atoms with van der Waals surface area (Å²) < 4.78 is 4.91. The molecular formula is C54H36N2. The highest BCUT2D eigenvalue weighted by molar-refractivity contribution is 6.16. The predicted octanol–water partition coefficient (Wildman–Crippen LogP) is 14.5. The fourth-order valence-corrected chi connectivity index (χ4v) is 8.69. The fraction of sp³-hybridized carbons (Fsp3) is 0. The van der Waals surface area contributed by atoms with Crippen molar-refractivity contribution < 1.29 is 0 Å². The average Bonchev–Trinajstić information content (AvgIpc) is 3.79. The SMILES string of the molecule is c1ccc(-c2ccc3c(c2)c2cc(-c4ccccc4)ccc2n3-c2cccc(-n3c4ccccc4c4cc(-c5ccccc5)cc(-c5ccccc5)c43)c2)cc1. The van der Waals surface area contributed by atoms with Gasteiger partial charge in [0.2, 0.25) is 0 Å². The molecule has 0 unspecified atom stereocenters. The molecule has 2 heteroatoms. The molecule has 0 fully saturated rings. The summed E-state index contributed by atoms with van der Waals surface area (Å²) in [6.07, 6.45) is 0. The van der Waals surface area contributed by atoms with Gasteiger partial charge in [0.15, 0.2) is 0 Å². The molecule has 0 radical (unpaired) electrons. The number of rotatable bonds is 6. The number of aromatic nitrogens is 2. The summed E-state index contributed by atoms with van der Waals surface area (Å²) in [7, 11) is 0. The minimum absolute atomic E-state index is 1.12. The van der Waals surface area contributed by atoms with Gasteiger partial charge in [-0.05, 0) is 99.6 Å². The molecule has 2 nitrogen and oxygen atoms in total. The van der Waals surface area contributed by atoms with E-state index in [4.69, 9.17) is 0 Å². The molecule has 0 spiro atoms. The summed E-state index contributed by atoms with van der Waals surface area (Å²) in [6, 6.07) is 79.5. The van der Waals surface area contributed by atoms with Gasteiger partial charge in [0, 0.05) is 38.5 Å². The Morgan fingerprint density at radius 1 is 0.232 bits per heavy atom. The molecule has 0 amide bonds. The molecule has 0 atom stereocenters. The van der Waals surface area contributed by atoms with E-state index < -0.39 is 0 Å². The van der Waals surface area contributed by atoms with Crippen LogP contribution in [0.4, 0.5) is 0 Å². The second-order valence-corrected chi connectivity index (χ2v) is 14.6. The van der Waals surface area contributed by atoms with Crippen LogP contribution in [-0.4, -0.2) is 9.13 Å². The van der Waals surface area contributed by atoms with Crippen LogP contribution in [0.1, 0.15) is 0 Å². The van der Waals surface area contributed by atoms with Crippen molar-refractivity contribution >= 4 is 43.6 Å². The van der Waals surface area contributed by atoms with Crippen LogP contribution >= 0.6 is 0 Å². The maximum absolute atomic E-state index is 2.47. The maximum Gasteiger partial charge on any atom is 0.0619 e. The van der Waals surface area contributed by atoms with Crippen molar-refractivity contribution in [3.63, 3.8) is 0 Å². The van der Waals surface area contributed by atoms with Gasteiger partial charge in [0.05, 0.1) is 22.1 Å². The average molecular weight is 713 g/mol. The van der Waals surface area contributed by atoms with E-state index in [1.165, 1.54) is 88.1 Å². The molecule has 0 saturated carbocycles. The van der Waals surface area contributed by atoms with Crippen LogP contribution in [0, 0.1) is 0 Å². The monoisotopic (exact) mass is 712 g/mol. The molecule has 2 heterocycles. The Balaban J connectivity index is 1.17. The summed E-state index contributed by atoms with van der Waals surface area (Å²) in [4.78, 5) is 0. The third kappa shape index (κ3) is 5.26. The Labute approximate surface area is 325 Å². The minimum atomic E-state index is 1.12. The topological polar surface area (TPSA) is 9.86 Å². The van der Waals surface area contributed by atoms with Crippen LogP contribution in [0.5, 0.6) is 0 Å². The standard InChI is InChI=1S/C54H36N2/c1-5-16-37(17-6-1)41-28-30-52-48(32-41)49-33-42(38-18-7-2-8-19-38)29-31-53(49)55(52)44-24-15-25-45(36-44)56-51-27-14-13-26-46(51)50-35-43(39-20-9-3-10-21-39)34-47(54(50)56)40-22-11-4-12-23-40/h1-36H. The first-order valence-electron chi connectivity index (χ1n) is 19.3. The summed E-state index contributed by atoms with van der Waals surface area (Å²) >= 11 is 0. The van der Waals surface area contributed by atoms with Crippen molar-refractivity contribution in [3.8, 4) is 55.9 Å². The second kappa shape index (κ2) is 13.2. The van der Waals surface area contributed by atoms with Gasteiger partial charge < -0.3 is 9.13 Å². The third-order valence-corrected chi connectivity index (χ3v) is 11.3. The minimum Gasteiger partial charge on any atom is -0.309 e. The first-order valence-corrected chi connectivity index (χ1v) is 19.3. The second-order valence-electron chi connectivity index (χ2n) is 14.6. The Morgan fingerprint density at radius 3 is 1.25 bits per heavy atom. The van der Waals surface area contributed by atoms with E-state index in [-0.39, 0.29) is 0 Å². The number of para-hydroxylation sites is 1. The van der Waals surface area contributed by atoms with Crippen LogP contribution in [0.15, 0.2) is 218 Å². The molecular weight excluding hydrogens is 677 g/mol. The van der Waals surface area contributed by atoms with Crippen molar-refractivity contribution in [2.75, 3.05) is 0 Å². The van der Waals surface area contributed by atoms with E-state index in [1.54, 1.807) is 0 Å². The van der Waals surface area contributed by atoms with E-state index in [9.17, 15) is 0 Å². The lowest BCUT2D eigenvalue weighted by atomic mass is 9.95. The molecule has 9 aromatic carbocycles. The van der Waals surface area contributed by atoms with Crippen LogP contribution in [0.2, 0.25) is 0 Å². The van der Waals surface area contributed by atoms with Gasteiger partial charge in [0.25, 0.3) is 0 Å². The first kappa shape index (κ1) is 32.0. The Hall–Kier alpha value is -7.42. The van der Waals surface area contributed by atoms with Gasteiger partial charge in [-0.1, -0.05) is 158 Å². The highest BCUT2D eigenvalue weighted by Crippen LogP contribution is 2.42. The van der Waals surface area contributed by atoms with E-state index in [0.29, 0.717) is 0 Å². The lowest BCUT2D eigenvalue weighted by Crippen LogP contribution is -1.99. The Morgan fingerprint density at radius 2 is 0.679 bits per heavy atom. The van der Waals surface area contributed by atoms with Gasteiger partial charge in [0.1, 0.15) is 0 Å². The zero-order valence-electron chi connectivity index (χ0n) is 30.7. The quantitative estimate of drug-likeness (QED) is 0.162. The molecule has 0 aliphatic heterocycles. The number of hydrogen-bond donors (Lipinski definition) is 0. The number of benzene rings is 9. The normalized spacial score (nSPS) is 11.6. The zero-order chi connectivity index (χ0) is 37.0. The Kier molecular flexibility index (Phi) is 7.53. The number of nitrogens with zero attached hydrogens (tertiary/aromatic N) is 2. The van der Waals surface area contributed by atoms with Crippen molar-refractivity contribution in [1.29, 1.82) is 0 Å². The predicted molar refractivity (Wildman–Crippen MR) is 237 cm³/mol. The summed E-state index contributed by atoms with van der Waals surface area (Å²) in [5.41, 5.74) is 16.7. The van der Waals surface area contributed by atoms with Gasteiger partial charge in [-0.3, -0.25) is 0 Å². The summed E-state index contributed by atoms with van der Waals surface area (Å²) in [6.45, 7) is 0. The molecule has 0 bridgehead atoms. The molecule has 0 N–H and O–H groups in total. The van der Waals surface area contributed by atoms with Gasteiger partial charge >= 0.3 is 0 Å². The highest BCUT2D eigenvalue weighted by Gasteiger charge is 2.20. The molecule has 0 aliphatic rings. The van der Waals surface area contributed by atoms with E-state index >= 15 is 0 Å². The van der Waals surface area contributed by atoms with E-state index in [2.05, 4.69) is 228 Å². The van der Waals surface area contributed by atoms with Gasteiger partial charge in [-0.2, -0.15) is 0 Å². The zero-order valence-corrected chi connectivity index (χ0v) is 30.7. The number of fused-ring (bicyclic) bond motifs is 6. The van der Waals surface area contributed by atoms with Gasteiger partial charge in [-0.15, -0.1) is 0 Å². The van der Waals surface area contributed by atoms with Crippen molar-refractivity contribution in [1.82, 2.24) is 9.13 Å². The lowest BCUT2D eigenvalue weighted by Gasteiger charge is -2.16. The van der Waals surface area contributed by atoms with Gasteiger partial charge in [-0.25, -0.2) is 0 Å². The third-order valence-electron chi connectivity index (χ3n) is 11.3. The van der Waals surface area contributed by atoms with Crippen LogP contribution in [-0.2, 0) is 0 Å². The smallest absolute Gasteiger partial charge is 0.0619 e. The van der Waals surface area contributed by atoms with E-state index in [1.807, 2.05) is 0 Å². The number of hydrogen-bond acceptors (Lipinski definition) is 0. The van der Waals surface area contributed by atoms with E-state index in [0.717, 1.165) is 11.4 Å². The van der Waals surface area contributed by atoms with Crippen LogP contribution in [0.3, 0.4) is 0 Å². The molecule has 11 aromatic rings. The molecule has 11 rings (SSSR count). The molecule has 0 aliphatic carbocycles. The van der Waals surface area contributed by atoms with Crippen LogP contribution < -0.4 is 0 Å². The van der Waals surface area contributed by atoms with Crippen molar-refractivity contribution in [2.45, 2.75) is 0 Å². The lowest BCUT2D eigenvalue weighted by molar-refractivity contribution is 1.13. The molecule has 56 heavy (non-hydrogen) atoms.